The van der Waals surface area contributed by atoms with Gasteiger partial charge in [0.2, 0.25) is 5.91 Å². The number of fused-ring (bicyclic) bond motifs is 1. The highest BCUT2D eigenvalue weighted by molar-refractivity contribution is 7.16. The fraction of sp³-hybridized carbons (Fsp3) is 0.636. The number of aryl methyl sites for hydroxylation is 1. The summed E-state index contributed by atoms with van der Waals surface area (Å²) in [4.78, 5) is 42.8. The van der Waals surface area contributed by atoms with E-state index in [-0.39, 0.29) is 12.5 Å². The molecule has 31 heavy (non-hydrogen) atoms. The predicted octanol–water partition coefficient (Wildman–Crippen LogP) is 2.48. The normalized spacial score (nSPS) is 20.6. The van der Waals surface area contributed by atoms with Gasteiger partial charge in [0.25, 0.3) is 5.91 Å². The number of carbonyl (C=O) groups is 3. The Kier molecular flexibility index (Phi) is 6.04. The number of nitriles is 1. The van der Waals surface area contributed by atoms with Gasteiger partial charge >= 0.3 is 6.03 Å². The number of imide groups is 1. The Bertz CT molecular complexity index is 940. The number of likely N-dealkylation sites (tertiary alicyclic amines) is 1. The number of rotatable bonds is 5. The van der Waals surface area contributed by atoms with Gasteiger partial charge in [0.05, 0.1) is 5.56 Å². The van der Waals surface area contributed by atoms with Crippen LogP contribution in [0.5, 0.6) is 0 Å². The largest absolute Gasteiger partial charge is 0.325 e. The highest BCUT2D eigenvalue weighted by Gasteiger charge is 2.52. The standard InChI is InChI=1S/C22H29N5O3S/c1-14(2)12-26-9-7-22(8-10-26)20(29)27(21(30)25-22)13-18(28)24-19-16(11-23)15-5-3-4-6-17(15)31-19/h14H,3-10,12-13H2,1-2H3,(H,24,28)(H,25,30). The zero-order valence-electron chi connectivity index (χ0n) is 18.1. The topological polar surface area (TPSA) is 106 Å². The van der Waals surface area contributed by atoms with E-state index in [9.17, 15) is 19.6 Å². The number of urea groups is 1. The van der Waals surface area contributed by atoms with E-state index in [1.807, 2.05) is 0 Å². The fourth-order valence-corrected chi connectivity index (χ4v) is 6.13. The number of hydrogen-bond donors (Lipinski definition) is 2. The first kappa shape index (κ1) is 21.8. The summed E-state index contributed by atoms with van der Waals surface area (Å²) < 4.78 is 0. The quantitative estimate of drug-likeness (QED) is 0.680. The Labute approximate surface area is 186 Å². The van der Waals surface area contributed by atoms with Gasteiger partial charge in [-0.1, -0.05) is 13.8 Å². The van der Waals surface area contributed by atoms with E-state index in [1.165, 1.54) is 11.3 Å². The van der Waals surface area contributed by atoms with Crippen molar-refractivity contribution < 1.29 is 14.4 Å². The molecule has 4 amide bonds. The molecule has 3 heterocycles. The van der Waals surface area contributed by atoms with E-state index in [4.69, 9.17) is 0 Å². The molecular formula is C22H29N5O3S. The van der Waals surface area contributed by atoms with Crippen LogP contribution in [0, 0.1) is 17.2 Å². The first-order valence-corrected chi connectivity index (χ1v) is 11.9. The van der Waals surface area contributed by atoms with Gasteiger partial charge in [-0.2, -0.15) is 5.26 Å². The molecule has 0 bridgehead atoms. The monoisotopic (exact) mass is 443 g/mol. The minimum absolute atomic E-state index is 0.317. The smallest absolute Gasteiger partial charge is 0.323 e. The molecule has 2 aliphatic heterocycles. The summed E-state index contributed by atoms with van der Waals surface area (Å²) in [6.45, 7) is 6.45. The third-order valence-corrected chi connectivity index (χ3v) is 7.62. The molecule has 1 aliphatic carbocycles. The van der Waals surface area contributed by atoms with E-state index in [1.54, 1.807) is 0 Å². The molecule has 0 saturated carbocycles. The number of piperidine rings is 1. The maximum absolute atomic E-state index is 13.1. The zero-order chi connectivity index (χ0) is 22.2. The average molecular weight is 444 g/mol. The maximum Gasteiger partial charge on any atom is 0.325 e. The van der Waals surface area contributed by atoms with Crippen molar-refractivity contribution in [3.63, 3.8) is 0 Å². The number of hydrogen-bond acceptors (Lipinski definition) is 6. The molecule has 1 aromatic rings. The number of thiophene rings is 1. The number of nitrogens with zero attached hydrogens (tertiary/aromatic N) is 3. The van der Waals surface area contributed by atoms with Crippen molar-refractivity contribution in [1.29, 1.82) is 5.26 Å². The molecule has 0 atom stereocenters. The molecule has 0 unspecified atom stereocenters. The Morgan fingerprint density at radius 1 is 1.26 bits per heavy atom. The molecule has 3 aliphatic rings. The lowest BCUT2D eigenvalue weighted by atomic mass is 9.87. The fourth-order valence-electron chi connectivity index (χ4n) is 4.87. The van der Waals surface area contributed by atoms with Crippen LogP contribution < -0.4 is 10.6 Å². The van der Waals surface area contributed by atoms with Crippen LogP contribution in [0.4, 0.5) is 9.80 Å². The van der Waals surface area contributed by atoms with Crippen molar-refractivity contribution in [3.8, 4) is 6.07 Å². The van der Waals surface area contributed by atoms with Crippen molar-refractivity contribution in [2.24, 2.45) is 5.92 Å². The highest BCUT2D eigenvalue weighted by Crippen LogP contribution is 2.37. The number of nitrogens with one attached hydrogen (secondary N) is 2. The molecule has 166 valence electrons. The van der Waals surface area contributed by atoms with E-state index < -0.39 is 17.5 Å². The molecule has 1 aromatic heterocycles. The third-order valence-electron chi connectivity index (χ3n) is 6.42. The Morgan fingerprint density at radius 2 is 1.97 bits per heavy atom. The van der Waals surface area contributed by atoms with Gasteiger partial charge in [-0.25, -0.2) is 4.79 Å². The van der Waals surface area contributed by atoms with Gasteiger partial charge in [0, 0.05) is 24.5 Å². The minimum atomic E-state index is -0.898. The van der Waals surface area contributed by atoms with Gasteiger partial charge < -0.3 is 15.5 Å². The summed E-state index contributed by atoms with van der Waals surface area (Å²) in [5, 5.41) is 15.7. The van der Waals surface area contributed by atoms with Gasteiger partial charge in [0.1, 0.15) is 23.2 Å². The number of anilines is 1. The van der Waals surface area contributed by atoms with E-state index in [0.29, 0.717) is 29.3 Å². The molecule has 0 aromatic carbocycles. The molecule has 0 radical (unpaired) electrons. The highest BCUT2D eigenvalue weighted by atomic mass is 32.1. The summed E-state index contributed by atoms with van der Waals surface area (Å²) in [5.41, 5.74) is 0.667. The van der Waals surface area contributed by atoms with E-state index in [2.05, 4.69) is 35.5 Å². The van der Waals surface area contributed by atoms with E-state index >= 15 is 0 Å². The Balaban J connectivity index is 1.40. The number of carbonyl (C=O) groups excluding carboxylic acids is 3. The molecule has 4 rings (SSSR count). The summed E-state index contributed by atoms with van der Waals surface area (Å²) >= 11 is 1.44. The zero-order valence-corrected chi connectivity index (χ0v) is 18.9. The summed E-state index contributed by atoms with van der Waals surface area (Å²) in [7, 11) is 0. The second kappa shape index (κ2) is 8.60. The molecule has 2 saturated heterocycles. The first-order chi connectivity index (χ1) is 14.8. The van der Waals surface area contributed by atoms with Crippen LogP contribution in [0.1, 0.15) is 55.5 Å². The Hall–Kier alpha value is -2.44. The second-order valence-corrected chi connectivity index (χ2v) is 10.3. The molecule has 8 nitrogen and oxygen atoms in total. The van der Waals surface area contributed by atoms with Crippen molar-refractivity contribution in [2.45, 2.75) is 57.9 Å². The molecule has 1 spiro atoms. The van der Waals surface area contributed by atoms with Gasteiger partial charge in [-0.3, -0.25) is 14.5 Å². The van der Waals surface area contributed by atoms with Gasteiger partial charge in [-0.15, -0.1) is 11.3 Å². The van der Waals surface area contributed by atoms with Crippen LogP contribution in [-0.4, -0.2) is 59.4 Å². The van der Waals surface area contributed by atoms with Crippen molar-refractivity contribution in [2.75, 3.05) is 31.5 Å². The second-order valence-electron chi connectivity index (χ2n) is 9.17. The van der Waals surface area contributed by atoms with Crippen molar-refractivity contribution in [3.05, 3.63) is 16.0 Å². The molecule has 9 heteroatoms. The van der Waals surface area contributed by atoms with Crippen LogP contribution in [0.15, 0.2) is 0 Å². The summed E-state index contributed by atoms with van der Waals surface area (Å²) in [5.74, 6) is -0.222. The van der Waals surface area contributed by atoms with Gasteiger partial charge in [0.15, 0.2) is 0 Å². The molecule has 2 N–H and O–H groups in total. The van der Waals surface area contributed by atoms with Crippen LogP contribution in [0.2, 0.25) is 0 Å². The lowest BCUT2D eigenvalue weighted by molar-refractivity contribution is -0.135. The SMILES string of the molecule is CC(C)CN1CCC2(CC1)NC(=O)N(CC(=O)Nc1sc3c(c1C#N)CCCC3)C2=O. The van der Waals surface area contributed by atoms with Crippen LogP contribution >= 0.6 is 11.3 Å². The lowest BCUT2D eigenvalue weighted by Crippen LogP contribution is -2.55. The molecule has 2 fully saturated rings. The summed E-state index contributed by atoms with van der Waals surface area (Å²) in [6, 6.07) is 1.70. The minimum Gasteiger partial charge on any atom is -0.323 e. The van der Waals surface area contributed by atoms with Crippen LogP contribution in [0.25, 0.3) is 0 Å². The average Bonchev–Trinajstić information content (AvgIpc) is 3.19. The Morgan fingerprint density at radius 3 is 2.65 bits per heavy atom. The van der Waals surface area contributed by atoms with Gasteiger partial charge in [-0.05, 0) is 50.0 Å². The van der Waals surface area contributed by atoms with Crippen LogP contribution in [0.3, 0.4) is 0 Å². The maximum atomic E-state index is 13.1. The van der Waals surface area contributed by atoms with Crippen molar-refractivity contribution >= 4 is 34.2 Å². The summed E-state index contributed by atoms with van der Waals surface area (Å²) in [6.07, 6.45) is 5.02. The first-order valence-electron chi connectivity index (χ1n) is 11.0. The third kappa shape index (κ3) is 4.19. The molecular weight excluding hydrogens is 414 g/mol. The lowest BCUT2D eigenvalue weighted by Gasteiger charge is -2.37. The number of amides is 4. The van der Waals surface area contributed by atoms with Crippen LogP contribution in [-0.2, 0) is 22.4 Å². The van der Waals surface area contributed by atoms with Crippen molar-refractivity contribution in [1.82, 2.24) is 15.1 Å². The van der Waals surface area contributed by atoms with E-state index in [0.717, 1.165) is 60.7 Å². The predicted molar refractivity (Wildman–Crippen MR) is 118 cm³/mol.